The first-order valence-electron chi connectivity index (χ1n) is 8.57. The highest BCUT2D eigenvalue weighted by atomic mass is 127. The van der Waals surface area contributed by atoms with Gasteiger partial charge in [-0.3, -0.25) is 0 Å². The lowest BCUT2D eigenvalue weighted by molar-refractivity contribution is 0.228. The average molecular weight is 463 g/mol. The van der Waals surface area contributed by atoms with Crippen LogP contribution in [-0.2, 0) is 13.2 Å². The molecule has 5 heteroatoms. The molecule has 0 saturated carbocycles. The zero-order chi connectivity index (χ0) is 18.7. The minimum Gasteiger partial charge on any atom is -0.488 e. The van der Waals surface area contributed by atoms with Crippen molar-refractivity contribution in [3.8, 4) is 17.0 Å². The number of aliphatic hydroxyl groups excluding tert-OH is 1. The molecule has 0 bridgehead atoms. The summed E-state index contributed by atoms with van der Waals surface area (Å²) >= 11 is 2.16. The summed E-state index contributed by atoms with van der Waals surface area (Å²) in [6.07, 6.45) is 0. The van der Waals surface area contributed by atoms with Crippen molar-refractivity contribution < 1.29 is 14.4 Å². The van der Waals surface area contributed by atoms with Gasteiger partial charge in [-0.15, -0.1) is 0 Å². The molecule has 1 N–H and O–H groups in total. The van der Waals surface area contributed by atoms with Crippen LogP contribution in [0.15, 0.2) is 47.0 Å². The first-order chi connectivity index (χ1) is 12.5. The summed E-state index contributed by atoms with van der Waals surface area (Å²) in [5.41, 5.74) is 5.14. The molecule has 1 heterocycles. The highest BCUT2D eigenvalue weighted by Gasteiger charge is 2.20. The molecule has 0 aliphatic rings. The normalized spacial score (nSPS) is 11.2. The van der Waals surface area contributed by atoms with Gasteiger partial charge in [0.05, 0.1) is 3.57 Å². The second-order valence-corrected chi connectivity index (χ2v) is 7.64. The maximum Gasteiger partial charge on any atom is 0.176 e. The van der Waals surface area contributed by atoms with Gasteiger partial charge in [-0.2, -0.15) is 0 Å². The van der Waals surface area contributed by atoms with Crippen molar-refractivity contribution >= 4 is 22.6 Å². The van der Waals surface area contributed by atoms with Gasteiger partial charge in [0.1, 0.15) is 24.7 Å². The van der Waals surface area contributed by atoms with Gasteiger partial charge in [0, 0.05) is 5.56 Å². The maximum atomic E-state index is 9.42. The number of halogens is 1. The Morgan fingerprint density at radius 1 is 1.19 bits per heavy atom. The van der Waals surface area contributed by atoms with E-state index in [-0.39, 0.29) is 6.61 Å². The fraction of sp³-hybridized carbons (Fsp3) is 0.286. The Morgan fingerprint density at radius 2 is 1.92 bits per heavy atom. The third-order valence-corrected chi connectivity index (χ3v) is 5.44. The van der Waals surface area contributed by atoms with Crippen LogP contribution in [0.2, 0.25) is 0 Å². The number of aryl methyl sites for hydroxylation is 1. The van der Waals surface area contributed by atoms with Crippen LogP contribution in [0.3, 0.4) is 0 Å². The molecule has 1 aromatic heterocycles. The molecule has 0 aliphatic carbocycles. The van der Waals surface area contributed by atoms with E-state index in [1.165, 1.54) is 11.1 Å². The standard InChI is InChI=1S/C21H22INO3/c1-13(2)16-10-17(21-20(22)19(11-24)26-23-21)18(9-14(16)3)25-12-15-7-5-4-6-8-15/h4-10,13,24H,11-12H2,1-3H3. The van der Waals surface area contributed by atoms with Gasteiger partial charge >= 0.3 is 0 Å². The van der Waals surface area contributed by atoms with Crippen LogP contribution in [0.5, 0.6) is 5.75 Å². The number of hydrogen-bond donors (Lipinski definition) is 1. The van der Waals surface area contributed by atoms with Gasteiger partial charge in [-0.25, -0.2) is 0 Å². The number of benzene rings is 2. The Balaban J connectivity index is 2.04. The van der Waals surface area contributed by atoms with E-state index in [9.17, 15) is 5.11 Å². The zero-order valence-electron chi connectivity index (χ0n) is 15.1. The largest absolute Gasteiger partial charge is 0.488 e. The van der Waals surface area contributed by atoms with Gasteiger partial charge in [-0.1, -0.05) is 49.3 Å². The predicted octanol–water partition coefficient (Wildman–Crippen LogP) is 5.45. The molecule has 0 fully saturated rings. The van der Waals surface area contributed by atoms with Crippen LogP contribution in [0.1, 0.15) is 42.2 Å². The van der Waals surface area contributed by atoms with Crippen molar-refractivity contribution in [2.24, 2.45) is 0 Å². The molecular weight excluding hydrogens is 441 g/mol. The number of ether oxygens (including phenoxy) is 1. The second kappa shape index (κ2) is 8.22. The minimum atomic E-state index is -0.172. The van der Waals surface area contributed by atoms with Crippen molar-refractivity contribution in [2.45, 2.75) is 39.9 Å². The van der Waals surface area contributed by atoms with Gasteiger partial charge in [0.15, 0.2) is 5.76 Å². The topological polar surface area (TPSA) is 55.5 Å². The van der Waals surface area contributed by atoms with Gasteiger partial charge in [0.25, 0.3) is 0 Å². The Kier molecular flexibility index (Phi) is 5.98. The average Bonchev–Trinajstić information content (AvgIpc) is 3.01. The Bertz CT molecular complexity index is 888. The summed E-state index contributed by atoms with van der Waals surface area (Å²) < 4.78 is 12.2. The highest BCUT2D eigenvalue weighted by Crippen LogP contribution is 2.38. The van der Waals surface area contributed by atoms with Gasteiger partial charge in [-0.05, 0) is 64.3 Å². The van der Waals surface area contributed by atoms with Crippen LogP contribution in [0.25, 0.3) is 11.3 Å². The number of rotatable bonds is 6. The van der Waals surface area contributed by atoms with E-state index >= 15 is 0 Å². The van der Waals surface area contributed by atoms with E-state index < -0.39 is 0 Å². The molecule has 0 aliphatic heterocycles. The van der Waals surface area contributed by atoms with Crippen LogP contribution < -0.4 is 4.74 Å². The zero-order valence-corrected chi connectivity index (χ0v) is 17.3. The van der Waals surface area contributed by atoms with Gasteiger partial charge < -0.3 is 14.4 Å². The lowest BCUT2D eigenvalue weighted by Gasteiger charge is -2.16. The van der Waals surface area contributed by atoms with E-state index in [1.807, 2.05) is 30.3 Å². The first kappa shape index (κ1) is 18.9. The molecule has 0 saturated heterocycles. The summed E-state index contributed by atoms with van der Waals surface area (Å²) in [7, 11) is 0. The third kappa shape index (κ3) is 3.94. The van der Waals surface area contributed by atoms with Crippen molar-refractivity contribution in [3.05, 3.63) is 68.5 Å². The van der Waals surface area contributed by atoms with Crippen LogP contribution >= 0.6 is 22.6 Å². The molecule has 26 heavy (non-hydrogen) atoms. The third-order valence-electron chi connectivity index (χ3n) is 4.33. The second-order valence-electron chi connectivity index (χ2n) is 6.56. The lowest BCUT2D eigenvalue weighted by Crippen LogP contribution is -2.01. The van der Waals surface area contributed by atoms with E-state index in [4.69, 9.17) is 9.26 Å². The molecule has 0 unspecified atom stereocenters. The van der Waals surface area contributed by atoms with E-state index in [0.717, 1.165) is 20.4 Å². The molecule has 4 nitrogen and oxygen atoms in total. The quantitative estimate of drug-likeness (QED) is 0.494. The highest BCUT2D eigenvalue weighted by molar-refractivity contribution is 14.1. The molecular formula is C21H22INO3. The number of aliphatic hydroxyl groups is 1. The van der Waals surface area contributed by atoms with Crippen LogP contribution in [0, 0.1) is 10.5 Å². The molecule has 3 rings (SSSR count). The predicted molar refractivity (Wildman–Crippen MR) is 110 cm³/mol. The Labute approximate surface area is 167 Å². The SMILES string of the molecule is Cc1cc(OCc2ccccc2)c(-c2noc(CO)c2I)cc1C(C)C. The first-order valence-corrected chi connectivity index (χ1v) is 9.65. The molecule has 0 amide bonds. The van der Waals surface area contributed by atoms with Crippen LogP contribution in [-0.4, -0.2) is 10.3 Å². The molecule has 3 aromatic rings. The van der Waals surface area contributed by atoms with E-state index in [0.29, 0.717) is 24.0 Å². The van der Waals surface area contributed by atoms with Crippen molar-refractivity contribution in [1.82, 2.24) is 5.16 Å². The lowest BCUT2D eigenvalue weighted by atomic mass is 9.94. The number of aromatic nitrogens is 1. The van der Waals surface area contributed by atoms with Gasteiger partial charge in [0.2, 0.25) is 0 Å². The number of hydrogen-bond acceptors (Lipinski definition) is 4. The minimum absolute atomic E-state index is 0.172. The summed E-state index contributed by atoms with van der Waals surface area (Å²) in [6.45, 7) is 6.75. The van der Waals surface area contributed by atoms with Crippen molar-refractivity contribution in [1.29, 1.82) is 0 Å². The van der Waals surface area contributed by atoms with Crippen LogP contribution in [0.4, 0.5) is 0 Å². The molecule has 0 atom stereocenters. The molecule has 2 aromatic carbocycles. The van der Waals surface area contributed by atoms with E-state index in [1.54, 1.807) is 0 Å². The molecule has 0 radical (unpaired) electrons. The van der Waals surface area contributed by atoms with Crippen molar-refractivity contribution in [2.75, 3.05) is 0 Å². The Hall–Kier alpha value is -1.86. The number of nitrogens with zero attached hydrogens (tertiary/aromatic N) is 1. The van der Waals surface area contributed by atoms with E-state index in [2.05, 4.69) is 60.7 Å². The smallest absolute Gasteiger partial charge is 0.176 e. The van der Waals surface area contributed by atoms with Crippen molar-refractivity contribution in [3.63, 3.8) is 0 Å². The fourth-order valence-corrected chi connectivity index (χ4v) is 3.60. The fourth-order valence-electron chi connectivity index (χ4n) is 2.94. The summed E-state index contributed by atoms with van der Waals surface area (Å²) in [5.74, 6) is 1.63. The molecule has 0 spiro atoms. The monoisotopic (exact) mass is 463 g/mol. The summed E-state index contributed by atoms with van der Waals surface area (Å²) in [6, 6.07) is 14.3. The Morgan fingerprint density at radius 3 is 2.54 bits per heavy atom. The summed E-state index contributed by atoms with van der Waals surface area (Å²) in [4.78, 5) is 0. The maximum absolute atomic E-state index is 9.42. The molecule has 136 valence electrons. The summed E-state index contributed by atoms with van der Waals surface area (Å²) in [5, 5.41) is 13.6.